The van der Waals surface area contributed by atoms with Crippen LogP contribution in [0.25, 0.3) is 0 Å². The van der Waals surface area contributed by atoms with E-state index < -0.39 is 0 Å². The Morgan fingerprint density at radius 3 is 2.83 bits per heavy atom. The van der Waals surface area contributed by atoms with E-state index in [-0.39, 0.29) is 17.3 Å². The molecule has 1 aromatic rings. The molecule has 2 aliphatic rings. The van der Waals surface area contributed by atoms with Crippen LogP contribution in [-0.4, -0.2) is 31.2 Å². The number of Topliss-reactive ketones (excluding diaryl/α,β-unsaturated/α-hetero) is 1. The van der Waals surface area contributed by atoms with Gasteiger partial charge < -0.3 is 4.81 Å². The van der Waals surface area contributed by atoms with Crippen LogP contribution < -0.4 is 0 Å². The van der Waals surface area contributed by atoms with E-state index in [1.807, 2.05) is 14.0 Å². The van der Waals surface area contributed by atoms with Crippen molar-refractivity contribution in [2.24, 2.45) is 5.41 Å². The Kier molecular flexibility index (Phi) is 2.59. The zero-order valence-corrected chi connectivity index (χ0v) is 10.9. The van der Waals surface area contributed by atoms with Crippen LogP contribution in [0.1, 0.15) is 24.0 Å². The summed E-state index contributed by atoms with van der Waals surface area (Å²) in [6.45, 7) is 2.62. The van der Waals surface area contributed by atoms with Gasteiger partial charge in [0.2, 0.25) is 0 Å². The molecular formula is C14H17BFNO. The predicted molar refractivity (Wildman–Crippen MR) is 70.6 cm³/mol. The number of ketones is 1. The lowest BCUT2D eigenvalue weighted by molar-refractivity contribution is -0.123. The number of hydrogen-bond acceptors (Lipinski definition) is 2. The maximum atomic E-state index is 14.0. The van der Waals surface area contributed by atoms with Crippen molar-refractivity contribution in [2.45, 2.75) is 32.2 Å². The van der Waals surface area contributed by atoms with Crippen molar-refractivity contribution < 1.29 is 9.18 Å². The number of nitrogens with zero attached hydrogens (tertiary/aromatic N) is 1. The predicted octanol–water partition coefficient (Wildman–Crippen LogP) is 1.26. The monoisotopic (exact) mass is 245 g/mol. The Morgan fingerprint density at radius 2 is 2.22 bits per heavy atom. The van der Waals surface area contributed by atoms with Crippen molar-refractivity contribution in [3.8, 4) is 0 Å². The van der Waals surface area contributed by atoms with Crippen LogP contribution in [0.2, 0.25) is 0 Å². The summed E-state index contributed by atoms with van der Waals surface area (Å²) in [5.41, 5.74) is 1.25. The topological polar surface area (TPSA) is 20.3 Å². The normalized spacial score (nSPS) is 25.9. The van der Waals surface area contributed by atoms with Gasteiger partial charge in [0.05, 0.1) is 6.04 Å². The van der Waals surface area contributed by atoms with Crippen molar-refractivity contribution in [1.29, 1.82) is 0 Å². The molecule has 4 heteroatoms. The molecule has 94 valence electrons. The van der Waals surface area contributed by atoms with Crippen molar-refractivity contribution in [3.05, 3.63) is 35.1 Å². The SMILES string of the molecule is BN1CC2(CC2)C(=O)C1Cc1cccc(C)c1F. The maximum Gasteiger partial charge on any atom is 0.186 e. The van der Waals surface area contributed by atoms with Gasteiger partial charge in [0.15, 0.2) is 13.8 Å². The van der Waals surface area contributed by atoms with E-state index in [2.05, 4.69) is 4.81 Å². The summed E-state index contributed by atoms with van der Waals surface area (Å²) in [5, 5.41) is 0. The minimum atomic E-state index is -0.157. The Morgan fingerprint density at radius 1 is 1.50 bits per heavy atom. The van der Waals surface area contributed by atoms with Gasteiger partial charge in [-0.25, -0.2) is 4.39 Å². The number of carbonyl (C=O) groups is 1. The van der Waals surface area contributed by atoms with Crippen LogP contribution in [-0.2, 0) is 11.2 Å². The average Bonchev–Trinajstić information content (AvgIpc) is 3.06. The van der Waals surface area contributed by atoms with E-state index in [0.29, 0.717) is 23.3 Å². The molecule has 1 spiro atoms. The summed E-state index contributed by atoms with van der Waals surface area (Å²) in [5.74, 6) is 0.168. The minimum Gasteiger partial charge on any atom is -0.339 e. The average molecular weight is 245 g/mol. The number of aryl methyl sites for hydroxylation is 1. The third-order valence-corrected chi connectivity index (χ3v) is 4.45. The first-order chi connectivity index (χ1) is 8.53. The van der Waals surface area contributed by atoms with E-state index >= 15 is 0 Å². The van der Waals surface area contributed by atoms with Gasteiger partial charge in [-0.1, -0.05) is 18.2 Å². The molecule has 3 rings (SSSR count). The molecule has 0 N–H and O–H groups in total. The summed E-state index contributed by atoms with van der Waals surface area (Å²) in [6, 6.07) is 5.28. The zero-order valence-electron chi connectivity index (χ0n) is 10.9. The van der Waals surface area contributed by atoms with Crippen LogP contribution in [0, 0.1) is 18.2 Å². The van der Waals surface area contributed by atoms with Crippen LogP contribution in [0.3, 0.4) is 0 Å². The van der Waals surface area contributed by atoms with Crippen LogP contribution in [0.5, 0.6) is 0 Å². The Balaban J connectivity index is 1.84. The lowest BCUT2D eigenvalue weighted by atomic mass is 9.95. The molecule has 18 heavy (non-hydrogen) atoms. The molecule has 0 bridgehead atoms. The van der Waals surface area contributed by atoms with Crippen LogP contribution in [0.4, 0.5) is 4.39 Å². The molecule has 1 aliphatic carbocycles. The van der Waals surface area contributed by atoms with E-state index in [0.717, 1.165) is 19.4 Å². The number of carbonyl (C=O) groups excluding carboxylic acids is 1. The van der Waals surface area contributed by atoms with Crippen molar-refractivity contribution in [2.75, 3.05) is 6.54 Å². The Labute approximate surface area is 108 Å². The molecule has 2 nitrogen and oxygen atoms in total. The van der Waals surface area contributed by atoms with Crippen molar-refractivity contribution >= 4 is 13.8 Å². The molecule has 0 radical (unpaired) electrons. The standard InChI is InChI=1S/C14H17BFNO/c1-9-3-2-4-10(12(9)16)7-11-13(18)14(5-6-14)8-17(11)15/h2-4,11H,5-8,15H2,1H3. The van der Waals surface area contributed by atoms with Gasteiger partial charge in [0.1, 0.15) is 5.82 Å². The van der Waals surface area contributed by atoms with Gasteiger partial charge in [-0.15, -0.1) is 0 Å². The number of rotatable bonds is 2. The summed E-state index contributed by atoms with van der Waals surface area (Å²) >= 11 is 0. The fraction of sp³-hybridized carbons (Fsp3) is 0.500. The molecule has 1 aliphatic heterocycles. The smallest absolute Gasteiger partial charge is 0.186 e. The van der Waals surface area contributed by atoms with Gasteiger partial charge in [0.25, 0.3) is 0 Å². The molecule has 1 heterocycles. The minimum absolute atomic E-state index is 0.0697. The van der Waals surface area contributed by atoms with Gasteiger partial charge in [-0.05, 0) is 37.3 Å². The highest BCUT2D eigenvalue weighted by molar-refractivity contribution is 6.10. The molecular weight excluding hydrogens is 228 g/mol. The second-order valence-electron chi connectivity index (χ2n) is 5.83. The molecule has 1 saturated heterocycles. The molecule has 1 atom stereocenters. The summed E-state index contributed by atoms with van der Waals surface area (Å²) in [7, 11) is 1.98. The third kappa shape index (κ3) is 1.71. The molecule has 0 amide bonds. The first-order valence-electron chi connectivity index (χ1n) is 6.52. The highest BCUT2D eigenvalue weighted by atomic mass is 19.1. The molecule has 1 saturated carbocycles. The zero-order chi connectivity index (χ0) is 12.9. The van der Waals surface area contributed by atoms with Gasteiger partial charge in [-0.2, -0.15) is 0 Å². The number of benzene rings is 1. The van der Waals surface area contributed by atoms with E-state index in [1.54, 1.807) is 19.1 Å². The lowest BCUT2D eigenvalue weighted by Gasteiger charge is -2.18. The summed E-state index contributed by atoms with van der Waals surface area (Å²) in [4.78, 5) is 14.4. The van der Waals surface area contributed by atoms with E-state index in [9.17, 15) is 9.18 Å². The first kappa shape index (κ1) is 11.9. The largest absolute Gasteiger partial charge is 0.339 e. The van der Waals surface area contributed by atoms with Gasteiger partial charge in [0, 0.05) is 12.0 Å². The van der Waals surface area contributed by atoms with E-state index in [1.165, 1.54) is 0 Å². The van der Waals surface area contributed by atoms with Crippen LogP contribution in [0.15, 0.2) is 18.2 Å². The maximum absolute atomic E-state index is 14.0. The molecule has 1 aromatic carbocycles. The quantitative estimate of drug-likeness (QED) is 0.731. The number of hydrogen-bond donors (Lipinski definition) is 0. The Hall–Kier alpha value is -1.16. The lowest BCUT2D eigenvalue weighted by Crippen LogP contribution is -2.33. The molecule has 2 fully saturated rings. The highest BCUT2D eigenvalue weighted by Crippen LogP contribution is 2.52. The third-order valence-electron chi connectivity index (χ3n) is 4.45. The van der Waals surface area contributed by atoms with Crippen molar-refractivity contribution in [3.63, 3.8) is 0 Å². The molecule has 1 unspecified atom stereocenters. The van der Waals surface area contributed by atoms with Crippen LogP contribution >= 0.6 is 0 Å². The molecule has 0 aromatic heterocycles. The number of halogens is 1. The fourth-order valence-electron chi connectivity index (χ4n) is 3.10. The Bertz CT molecular complexity index is 513. The summed E-state index contributed by atoms with van der Waals surface area (Å²) < 4.78 is 14.0. The fourth-order valence-corrected chi connectivity index (χ4v) is 3.10. The highest BCUT2D eigenvalue weighted by Gasteiger charge is 2.57. The van der Waals surface area contributed by atoms with E-state index in [4.69, 9.17) is 0 Å². The van der Waals surface area contributed by atoms with Gasteiger partial charge >= 0.3 is 0 Å². The van der Waals surface area contributed by atoms with Crippen molar-refractivity contribution in [1.82, 2.24) is 4.81 Å². The summed E-state index contributed by atoms with van der Waals surface area (Å²) in [6.07, 6.45) is 2.54. The second kappa shape index (κ2) is 3.92. The first-order valence-corrected chi connectivity index (χ1v) is 6.52. The second-order valence-corrected chi connectivity index (χ2v) is 5.83. The van der Waals surface area contributed by atoms with Gasteiger partial charge in [-0.3, -0.25) is 4.79 Å².